The molecule has 0 aliphatic heterocycles. The number of carboxylic acids is 1. The van der Waals surface area contributed by atoms with E-state index in [9.17, 15) is 4.79 Å². The summed E-state index contributed by atoms with van der Waals surface area (Å²) >= 11 is 0. The Morgan fingerprint density at radius 2 is 2.30 bits per heavy atom. The van der Waals surface area contributed by atoms with E-state index >= 15 is 0 Å². The summed E-state index contributed by atoms with van der Waals surface area (Å²) in [5.41, 5.74) is 0. The second kappa shape index (κ2) is 2.70. The predicted octanol–water partition coefficient (Wildman–Crippen LogP) is 1.01. The van der Waals surface area contributed by atoms with Gasteiger partial charge in [-0.2, -0.15) is 5.26 Å². The van der Waals surface area contributed by atoms with Crippen molar-refractivity contribution in [2.75, 3.05) is 0 Å². The van der Waals surface area contributed by atoms with Gasteiger partial charge in [0.15, 0.2) is 0 Å². The Bertz CT molecular complexity index is 177. The third kappa shape index (κ3) is 1.47. The minimum Gasteiger partial charge on any atom is -0.481 e. The third-order valence-corrected chi connectivity index (χ3v) is 1.88. The number of hydrogen-bond donors (Lipinski definition) is 1. The summed E-state index contributed by atoms with van der Waals surface area (Å²) in [5, 5.41) is 16.7. The third-order valence-electron chi connectivity index (χ3n) is 1.88. The molecule has 0 bridgehead atoms. The Morgan fingerprint density at radius 1 is 1.70 bits per heavy atom. The van der Waals surface area contributed by atoms with E-state index in [-0.39, 0.29) is 18.3 Å². The van der Waals surface area contributed by atoms with Gasteiger partial charge in [0.2, 0.25) is 0 Å². The molecule has 1 fully saturated rings. The van der Waals surface area contributed by atoms with Crippen molar-refractivity contribution in [2.45, 2.75) is 19.3 Å². The van der Waals surface area contributed by atoms with Crippen LogP contribution in [0.2, 0.25) is 0 Å². The quantitative estimate of drug-likeness (QED) is 0.621. The molecule has 0 atom stereocenters. The SMILES string of the molecule is N#CC1CC(CC(=O)O)C1. The predicted molar refractivity (Wildman–Crippen MR) is 34.1 cm³/mol. The van der Waals surface area contributed by atoms with Crippen molar-refractivity contribution in [3.63, 3.8) is 0 Å². The average Bonchev–Trinajstić information content (AvgIpc) is 1.76. The van der Waals surface area contributed by atoms with Crippen LogP contribution in [0.3, 0.4) is 0 Å². The molecule has 1 N–H and O–H groups in total. The molecule has 3 nitrogen and oxygen atoms in total. The summed E-state index contributed by atoms with van der Waals surface area (Å²) in [4.78, 5) is 10.1. The molecule has 0 amide bonds. The Hall–Kier alpha value is -1.04. The van der Waals surface area contributed by atoms with Crippen LogP contribution in [0.4, 0.5) is 0 Å². The first-order valence-corrected chi connectivity index (χ1v) is 3.33. The highest BCUT2D eigenvalue weighted by atomic mass is 16.4. The maximum absolute atomic E-state index is 10.1. The molecule has 0 saturated heterocycles. The van der Waals surface area contributed by atoms with Crippen LogP contribution in [-0.2, 0) is 4.79 Å². The fourth-order valence-corrected chi connectivity index (χ4v) is 1.25. The van der Waals surface area contributed by atoms with Crippen LogP contribution in [0.15, 0.2) is 0 Å². The molecular weight excluding hydrogens is 130 g/mol. The maximum Gasteiger partial charge on any atom is 0.303 e. The number of nitriles is 1. The lowest BCUT2D eigenvalue weighted by atomic mass is 9.74. The number of nitrogens with zero attached hydrogens (tertiary/aromatic N) is 1. The molecule has 0 spiro atoms. The van der Waals surface area contributed by atoms with Crippen LogP contribution in [0.1, 0.15) is 19.3 Å². The highest BCUT2D eigenvalue weighted by molar-refractivity contribution is 5.67. The van der Waals surface area contributed by atoms with E-state index in [0.717, 1.165) is 12.8 Å². The molecule has 54 valence electrons. The number of aliphatic carboxylic acids is 1. The largest absolute Gasteiger partial charge is 0.481 e. The monoisotopic (exact) mass is 139 g/mol. The number of carboxylic acid groups (broad SMARTS) is 1. The summed E-state index contributed by atoms with van der Waals surface area (Å²) in [5.74, 6) is -0.354. The van der Waals surface area contributed by atoms with Crippen LogP contribution in [0.25, 0.3) is 0 Å². The molecule has 0 unspecified atom stereocenters. The van der Waals surface area contributed by atoms with E-state index < -0.39 is 5.97 Å². The molecule has 1 aliphatic carbocycles. The smallest absolute Gasteiger partial charge is 0.303 e. The summed E-state index contributed by atoms with van der Waals surface area (Å²) in [6.45, 7) is 0. The second-order valence-corrected chi connectivity index (χ2v) is 2.76. The first-order valence-electron chi connectivity index (χ1n) is 3.33. The highest BCUT2D eigenvalue weighted by Gasteiger charge is 2.30. The molecule has 1 rings (SSSR count). The van der Waals surface area contributed by atoms with Crippen LogP contribution >= 0.6 is 0 Å². The van der Waals surface area contributed by atoms with Gasteiger partial charge in [-0.1, -0.05) is 0 Å². The fraction of sp³-hybridized carbons (Fsp3) is 0.714. The van der Waals surface area contributed by atoms with Gasteiger partial charge in [-0.25, -0.2) is 0 Å². The van der Waals surface area contributed by atoms with Crippen molar-refractivity contribution in [3.05, 3.63) is 0 Å². The molecular formula is C7H9NO2. The Balaban J connectivity index is 2.16. The minimum absolute atomic E-state index is 0.129. The van der Waals surface area contributed by atoms with Gasteiger partial charge >= 0.3 is 5.97 Å². The number of hydrogen-bond acceptors (Lipinski definition) is 2. The molecule has 1 aliphatic rings. The zero-order chi connectivity index (χ0) is 7.56. The Labute approximate surface area is 59.3 Å². The lowest BCUT2D eigenvalue weighted by Gasteiger charge is -2.28. The lowest BCUT2D eigenvalue weighted by Crippen LogP contribution is -2.24. The highest BCUT2D eigenvalue weighted by Crippen LogP contribution is 2.35. The summed E-state index contributed by atoms with van der Waals surface area (Å²) < 4.78 is 0. The number of carbonyl (C=O) groups is 1. The lowest BCUT2D eigenvalue weighted by molar-refractivity contribution is -0.139. The van der Waals surface area contributed by atoms with Gasteiger partial charge in [0.25, 0.3) is 0 Å². The number of rotatable bonds is 2. The van der Waals surface area contributed by atoms with Crippen LogP contribution in [0, 0.1) is 23.2 Å². The van der Waals surface area contributed by atoms with E-state index in [4.69, 9.17) is 10.4 Å². The van der Waals surface area contributed by atoms with Gasteiger partial charge in [0.05, 0.1) is 6.07 Å². The van der Waals surface area contributed by atoms with Crippen molar-refractivity contribution in [3.8, 4) is 6.07 Å². The van der Waals surface area contributed by atoms with Gasteiger partial charge in [-0.05, 0) is 18.8 Å². The Kier molecular flexibility index (Phi) is 1.91. The van der Waals surface area contributed by atoms with E-state index in [0.29, 0.717) is 0 Å². The first kappa shape index (κ1) is 7.07. The van der Waals surface area contributed by atoms with Crippen molar-refractivity contribution < 1.29 is 9.90 Å². The minimum atomic E-state index is -0.749. The summed E-state index contributed by atoms with van der Waals surface area (Å²) in [6, 6.07) is 2.11. The van der Waals surface area contributed by atoms with Crippen molar-refractivity contribution in [1.29, 1.82) is 5.26 Å². The van der Waals surface area contributed by atoms with E-state index in [1.807, 2.05) is 0 Å². The van der Waals surface area contributed by atoms with Crippen LogP contribution < -0.4 is 0 Å². The fourth-order valence-electron chi connectivity index (χ4n) is 1.25. The maximum atomic E-state index is 10.1. The average molecular weight is 139 g/mol. The van der Waals surface area contributed by atoms with E-state index in [2.05, 4.69) is 6.07 Å². The molecule has 0 aromatic rings. The molecule has 0 radical (unpaired) electrons. The van der Waals surface area contributed by atoms with Gasteiger partial charge in [-0.3, -0.25) is 4.79 Å². The molecule has 10 heavy (non-hydrogen) atoms. The summed E-state index contributed by atoms with van der Waals surface area (Å²) in [6.07, 6.45) is 1.80. The van der Waals surface area contributed by atoms with Gasteiger partial charge in [0.1, 0.15) is 0 Å². The first-order chi connectivity index (χ1) is 4.72. The zero-order valence-corrected chi connectivity index (χ0v) is 5.58. The van der Waals surface area contributed by atoms with Crippen molar-refractivity contribution in [1.82, 2.24) is 0 Å². The van der Waals surface area contributed by atoms with Gasteiger partial charge in [-0.15, -0.1) is 0 Å². The summed E-state index contributed by atoms with van der Waals surface area (Å²) in [7, 11) is 0. The standard InChI is InChI=1S/C7H9NO2/c8-4-6-1-5(2-6)3-7(9)10/h5-6H,1-3H2,(H,9,10). The molecule has 3 heteroatoms. The molecule has 0 aromatic carbocycles. The molecule has 0 aromatic heterocycles. The normalized spacial score (nSPS) is 30.3. The second-order valence-electron chi connectivity index (χ2n) is 2.76. The van der Waals surface area contributed by atoms with Gasteiger partial charge < -0.3 is 5.11 Å². The van der Waals surface area contributed by atoms with Gasteiger partial charge in [0, 0.05) is 12.3 Å². The van der Waals surface area contributed by atoms with Crippen LogP contribution in [-0.4, -0.2) is 11.1 Å². The van der Waals surface area contributed by atoms with Crippen molar-refractivity contribution in [2.24, 2.45) is 11.8 Å². The molecule has 1 saturated carbocycles. The van der Waals surface area contributed by atoms with E-state index in [1.54, 1.807) is 0 Å². The Morgan fingerprint density at radius 3 is 2.70 bits per heavy atom. The topological polar surface area (TPSA) is 61.1 Å². The molecule has 0 heterocycles. The zero-order valence-electron chi connectivity index (χ0n) is 5.58. The van der Waals surface area contributed by atoms with Crippen molar-refractivity contribution >= 4 is 5.97 Å². The van der Waals surface area contributed by atoms with Crippen LogP contribution in [0.5, 0.6) is 0 Å². The van der Waals surface area contributed by atoms with E-state index in [1.165, 1.54) is 0 Å².